The number of hydrogen-bond acceptors (Lipinski definition) is 3. The third-order valence-electron chi connectivity index (χ3n) is 3.80. The Kier molecular flexibility index (Phi) is 4.00. The van der Waals surface area contributed by atoms with Gasteiger partial charge in [0.25, 0.3) is 0 Å². The Morgan fingerprint density at radius 1 is 1.41 bits per heavy atom. The molecule has 0 aromatic carbocycles. The summed E-state index contributed by atoms with van der Waals surface area (Å²) in [5.74, 6) is 0.973. The van der Waals surface area contributed by atoms with Gasteiger partial charge in [0.1, 0.15) is 5.82 Å². The van der Waals surface area contributed by atoms with Gasteiger partial charge in [-0.2, -0.15) is 0 Å². The van der Waals surface area contributed by atoms with Crippen molar-refractivity contribution >= 4 is 5.82 Å². The maximum Gasteiger partial charge on any atom is 0.126 e. The molecule has 2 heterocycles. The molecule has 0 bridgehead atoms. The van der Waals surface area contributed by atoms with Crippen LogP contribution in [0.5, 0.6) is 0 Å². The van der Waals surface area contributed by atoms with Crippen molar-refractivity contribution in [1.82, 2.24) is 4.98 Å². The van der Waals surface area contributed by atoms with E-state index in [2.05, 4.69) is 24.1 Å². The highest BCUT2D eigenvalue weighted by atomic mass is 16.5. The molecule has 1 fully saturated rings. The number of aromatic nitrogens is 1. The highest BCUT2D eigenvalue weighted by Crippen LogP contribution is 2.32. The van der Waals surface area contributed by atoms with Crippen LogP contribution in [0.25, 0.3) is 0 Å². The van der Waals surface area contributed by atoms with Crippen molar-refractivity contribution in [2.75, 3.05) is 11.9 Å². The van der Waals surface area contributed by atoms with E-state index in [1.807, 2.05) is 24.4 Å². The number of ether oxygens (including phenoxy) is 1. The molecule has 3 heteroatoms. The van der Waals surface area contributed by atoms with Gasteiger partial charge < -0.3 is 10.1 Å². The minimum absolute atomic E-state index is 0.0741. The fourth-order valence-electron chi connectivity index (χ4n) is 2.55. The second kappa shape index (κ2) is 5.50. The van der Waals surface area contributed by atoms with Crippen LogP contribution < -0.4 is 5.32 Å². The lowest BCUT2D eigenvalue weighted by Crippen LogP contribution is -2.43. The van der Waals surface area contributed by atoms with Crippen molar-refractivity contribution in [1.29, 1.82) is 0 Å². The molecule has 1 atom stereocenters. The van der Waals surface area contributed by atoms with Crippen molar-refractivity contribution < 1.29 is 4.74 Å². The number of rotatable bonds is 4. The summed E-state index contributed by atoms with van der Waals surface area (Å²) in [7, 11) is 0. The fraction of sp³-hybridized carbons (Fsp3) is 0.643. The molecule has 0 saturated carbocycles. The predicted octanol–water partition coefficient (Wildman–Crippen LogP) is 3.23. The molecular weight excluding hydrogens is 212 g/mol. The number of pyridine rings is 1. The summed E-state index contributed by atoms with van der Waals surface area (Å²) in [6.45, 7) is 5.28. The molecule has 1 aliphatic heterocycles. The SMILES string of the molecule is CCC1(CC)CC(Nc2ccccn2)CCO1. The molecule has 17 heavy (non-hydrogen) atoms. The fourth-order valence-corrected chi connectivity index (χ4v) is 2.55. The number of nitrogens with one attached hydrogen (secondary N) is 1. The Morgan fingerprint density at radius 3 is 2.88 bits per heavy atom. The van der Waals surface area contributed by atoms with Gasteiger partial charge in [-0.3, -0.25) is 0 Å². The van der Waals surface area contributed by atoms with E-state index in [1.54, 1.807) is 0 Å². The van der Waals surface area contributed by atoms with Crippen molar-refractivity contribution in [2.24, 2.45) is 0 Å². The molecule has 1 aromatic rings. The monoisotopic (exact) mass is 234 g/mol. The van der Waals surface area contributed by atoms with Gasteiger partial charge in [-0.25, -0.2) is 4.98 Å². The van der Waals surface area contributed by atoms with Gasteiger partial charge in [0.15, 0.2) is 0 Å². The Morgan fingerprint density at radius 2 is 2.24 bits per heavy atom. The molecular formula is C14H22N2O. The average Bonchev–Trinajstić information content (AvgIpc) is 2.40. The van der Waals surface area contributed by atoms with Crippen LogP contribution in [0, 0.1) is 0 Å². The van der Waals surface area contributed by atoms with Gasteiger partial charge in [-0.15, -0.1) is 0 Å². The van der Waals surface area contributed by atoms with Crippen LogP contribution in [0.4, 0.5) is 5.82 Å². The lowest BCUT2D eigenvalue weighted by molar-refractivity contribution is -0.0864. The zero-order chi connectivity index (χ0) is 12.1. The first-order valence-electron chi connectivity index (χ1n) is 6.59. The van der Waals surface area contributed by atoms with E-state index in [0.29, 0.717) is 6.04 Å². The lowest BCUT2D eigenvalue weighted by atomic mass is 9.86. The van der Waals surface area contributed by atoms with E-state index in [9.17, 15) is 0 Å². The van der Waals surface area contributed by atoms with Crippen LogP contribution in [0.2, 0.25) is 0 Å². The summed E-state index contributed by atoms with van der Waals surface area (Å²) in [5.41, 5.74) is 0.0741. The Labute approximate surface area is 104 Å². The number of nitrogens with zero attached hydrogens (tertiary/aromatic N) is 1. The quantitative estimate of drug-likeness (QED) is 0.868. The maximum atomic E-state index is 5.97. The highest BCUT2D eigenvalue weighted by Gasteiger charge is 2.34. The van der Waals surface area contributed by atoms with Crippen LogP contribution in [-0.2, 0) is 4.74 Å². The van der Waals surface area contributed by atoms with Crippen molar-refractivity contribution in [2.45, 2.75) is 51.2 Å². The third-order valence-corrected chi connectivity index (χ3v) is 3.80. The molecule has 2 rings (SSSR count). The zero-order valence-corrected chi connectivity index (χ0v) is 10.8. The number of anilines is 1. The van der Waals surface area contributed by atoms with Crippen molar-refractivity contribution in [3.05, 3.63) is 24.4 Å². The van der Waals surface area contributed by atoms with E-state index in [-0.39, 0.29) is 5.60 Å². The molecule has 1 aromatic heterocycles. The van der Waals surface area contributed by atoms with Crippen molar-refractivity contribution in [3.8, 4) is 0 Å². The standard InChI is InChI=1S/C14H22N2O/c1-3-14(4-2)11-12(8-10-17-14)16-13-7-5-6-9-15-13/h5-7,9,12H,3-4,8,10-11H2,1-2H3,(H,15,16). The smallest absolute Gasteiger partial charge is 0.126 e. The summed E-state index contributed by atoms with van der Waals surface area (Å²) in [6.07, 6.45) is 6.15. The summed E-state index contributed by atoms with van der Waals surface area (Å²) >= 11 is 0. The third kappa shape index (κ3) is 2.97. The van der Waals surface area contributed by atoms with Crippen LogP contribution in [0.3, 0.4) is 0 Å². The van der Waals surface area contributed by atoms with Crippen LogP contribution in [0.15, 0.2) is 24.4 Å². The molecule has 0 spiro atoms. The predicted molar refractivity (Wildman–Crippen MR) is 70.1 cm³/mol. The maximum absolute atomic E-state index is 5.97. The minimum Gasteiger partial charge on any atom is -0.375 e. The van der Waals surface area contributed by atoms with Gasteiger partial charge in [0.05, 0.1) is 5.60 Å². The molecule has 1 unspecified atom stereocenters. The van der Waals surface area contributed by atoms with Gasteiger partial charge in [0.2, 0.25) is 0 Å². The Hall–Kier alpha value is -1.09. The van der Waals surface area contributed by atoms with Crippen molar-refractivity contribution in [3.63, 3.8) is 0 Å². The van der Waals surface area contributed by atoms with Gasteiger partial charge in [-0.1, -0.05) is 19.9 Å². The van der Waals surface area contributed by atoms with E-state index < -0.39 is 0 Å². The van der Waals surface area contributed by atoms with E-state index >= 15 is 0 Å². The number of hydrogen-bond donors (Lipinski definition) is 1. The summed E-state index contributed by atoms with van der Waals surface area (Å²) < 4.78 is 5.97. The topological polar surface area (TPSA) is 34.2 Å². The first-order valence-corrected chi connectivity index (χ1v) is 6.59. The highest BCUT2D eigenvalue weighted by molar-refractivity contribution is 5.34. The van der Waals surface area contributed by atoms with Crippen LogP contribution >= 0.6 is 0 Å². The Balaban J connectivity index is 1.98. The molecule has 0 aliphatic carbocycles. The van der Waals surface area contributed by atoms with E-state index in [0.717, 1.165) is 38.1 Å². The zero-order valence-electron chi connectivity index (χ0n) is 10.8. The first kappa shape index (κ1) is 12.4. The molecule has 0 amide bonds. The lowest BCUT2D eigenvalue weighted by Gasteiger charge is -2.40. The normalized spacial score (nSPS) is 23.3. The van der Waals surface area contributed by atoms with Crippen LogP contribution in [0.1, 0.15) is 39.5 Å². The Bertz CT molecular complexity index is 335. The second-order valence-corrected chi connectivity index (χ2v) is 4.79. The van der Waals surface area contributed by atoms with Gasteiger partial charge >= 0.3 is 0 Å². The van der Waals surface area contributed by atoms with E-state index in [4.69, 9.17) is 4.74 Å². The largest absolute Gasteiger partial charge is 0.375 e. The second-order valence-electron chi connectivity index (χ2n) is 4.79. The summed E-state index contributed by atoms with van der Waals surface area (Å²) in [5, 5.41) is 3.51. The molecule has 3 nitrogen and oxygen atoms in total. The minimum atomic E-state index is 0.0741. The molecule has 1 aliphatic rings. The molecule has 0 radical (unpaired) electrons. The first-order chi connectivity index (χ1) is 8.28. The van der Waals surface area contributed by atoms with Crippen LogP contribution in [-0.4, -0.2) is 23.2 Å². The van der Waals surface area contributed by atoms with Gasteiger partial charge in [0, 0.05) is 18.8 Å². The molecule has 1 N–H and O–H groups in total. The van der Waals surface area contributed by atoms with Gasteiger partial charge in [-0.05, 0) is 37.8 Å². The molecule has 94 valence electrons. The summed E-state index contributed by atoms with van der Waals surface area (Å²) in [6, 6.07) is 6.47. The average molecular weight is 234 g/mol. The molecule has 1 saturated heterocycles. The summed E-state index contributed by atoms with van der Waals surface area (Å²) in [4.78, 5) is 4.32. The van der Waals surface area contributed by atoms with E-state index in [1.165, 1.54) is 0 Å².